The maximum atomic E-state index is 12.6. The number of aliphatic hydroxyl groups is 1. The number of nitriles is 1. The van der Waals surface area contributed by atoms with Gasteiger partial charge in [-0.15, -0.1) is 0 Å². The monoisotopic (exact) mass is 327 g/mol. The molecule has 1 aliphatic carbocycles. The second-order valence-electron chi connectivity index (χ2n) is 7.00. The standard InChI is InChI=1S/C17H21N5O2/c18-10-17(4-5-17)16(24)21-7-2-13-14(3-8-21)19-11-20-15(13)22-6-1-12(23)9-22/h11-12,23H,1-9H2/t12-/m0/s1. The van der Waals surface area contributed by atoms with Gasteiger partial charge in [0.05, 0.1) is 17.9 Å². The molecule has 2 aliphatic heterocycles. The third kappa shape index (κ3) is 2.51. The molecule has 126 valence electrons. The number of anilines is 1. The molecule has 0 aromatic carbocycles. The third-order valence-electron chi connectivity index (χ3n) is 5.39. The van der Waals surface area contributed by atoms with Gasteiger partial charge in [0.1, 0.15) is 17.6 Å². The molecule has 1 aromatic heterocycles. The number of carbonyl (C=O) groups excluding carboxylic acids is 1. The van der Waals surface area contributed by atoms with E-state index in [4.69, 9.17) is 0 Å². The number of β-amino-alcohol motifs (C(OH)–C–C–N with tert-alkyl or cyclic N) is 1. The number of aliphatic hydroxyl groups excluding tert-OH is 1. The van der Waals surface area contributed by atoms with Crippen LogP contribution in [0.5, 0.6) is 0 Å². The van der Waals surface area contributed by atoms with E-state index < -0.39 is 5.41 Å². The van der Waals surface area contributed by atoms with Gasteiger partial charge in [0.15, 0.2) is 0 Å². The molecule has 0 radical (unpaired) electrons. The molecule has 1 saturated heterocycles. The maximum Gasteiger partial charge on any atom is 0.243 e. The normalized spacial score (nSPS) is 24.9. The fourth-order valence-electron chi connectivity index (χ4n) is 3.72. The summed E-state index contributed by atoms with van der Waals surface area (Å²) >= 11 is 0. The zero-order valence-corrected chi connectivity index (χ0v) is 13.6. The SMILES string of the molecule is N#CC1(C(=O)N2CCc3ncnc(N4CC[C@H](O)C4)c3CC2)CC1. The highest BCUT2D eigenvalue weighted by atomic mass is 16.3. The quantitative estimate of drug-likeness (QED) is 0.838. The largest absolute Gasteiger partial charge is 0.391 e. The number of amides is 1. The van der Waals surface area contributed by atoms with E-state index in [0.29, 0.717) is 45.3 Å². The lowest BCUT2D eigenvalue weighted by Crippen LogP contribution is -2.38. The molecule has 1 atom stereocenters. The van der Waals surface area contributed by atoms with Crippen molar-refractivity contribution in [1.29, 1.82) is 5.26 Å². The Morgan fingerprint density at radius 2 is 2.08 bits per heavy atom. The van der Waals surface area contributed by atoms with Crippen LogP contribution in [0.3, 0.4) is 0 Å². The van der Waals surface area contributed by atoms with E-state index >= 15 is 0 Å². The fraction of sp³-hybridized carbons (Fsp3) is 0.647. The second-order valence-corrected chi connectivity index (χ2v) is 7.00. The number of rotatable bonds is 2. The minimum Gasteiger partial charge on any atom is -0.391 e. The highest BCUT2D eigenvalue weighted by Crippen LogP contribution is 2.46. The van der Waals surface area contributed by atoms with Crippen molar-refractivity contribution in [1.82, 2.24) is 14.9 Å². The Hall–Kier alpha value is -2.20. The first-order chi connectivity index (χ1) is 11.6. The fourth-order valence-corrected chi connectivity index (χ4v) is 3.72. The van der Waals surface area contributed by atoms with Crippen LogP contribution in [-0.2, 0) is 17.6 Å². The molecule has 1 N–H and O–H groups in total. The Balaban J connectivity index is 1.55. The van der Waals surface area contributed by atoms with Crippen LogP contribution in [0.4, 0.5) is 5.82 Å². The summed E-state index contributed by atoms with van der Waals surface area (Å²) in [6.45, 7) is 2.61. The molecule has 7 nitrogen and oxygen atoms in total. The molecule has 2 fully saturated rings. The topological polar surface area (TPSA) is 93.3 Å². The average Bonchev–Trinajstić information content (AvgIpc) is 3.33. The highest BCUT2D eigenvalue weighted by molar-refractivity contribution is 5.88. The summed E-state index contributed by atoms with van der Waals surface area (Å²) in [6.07, 6.45) is 4.79. The van der Waals surface area contributed by atoms with Gasteiger partial charge in [0.25, 0.3) is 0 Å². The predicted octanol–water partition coefficient (Wildman–Crippen LogP) is 0.279. The third-order valence-corrected chi connectivity index (χ3v) is 5.39. The molecular formula is C17H21N5O2. The molecular weight excluding hydrogens is 306 g/mol. The van der Waals surface area contributed by atoms with Crippen LogP contribution < -0.4 is 4.90 Å². The van der Waals surface area contributed by atoms with Crippen molar-refractivity contribution in [2.75, 3.05) is 31.1 Å². The van der Waals surface area contributed by atoms with Crippen LogP contribution in [0.25, 0.3) is 0 Å². The zero-order valence-electron chi connectivity index (χ0n) is 13.6. The molecule has 0 spiro atoms. The Labute approximate surface area is 140 Å². The Kier molecular flexibility index (Phi) is 3.65. The Morgan fingerprint density at radius 1 is 1.29 bits per heavy atom. The first-order valence-corrected chi connectivity index (χ1v) is 8.59. The van der Waals surface area contributed by atoms with Crippen LogP contribution in [0.15, 0.2) is 6.33 Å². The van der Waals surface area contributed by atoms with E-state index in [1.54, 1.807) is 6.33 Å². The summed E-state index contributed by atoms with van der Waals surface area (Å²) in [5.41, 5.74) is 1.31. The molecule has 4 rings (SSSR count). The van der Waals surface area contributed by atoms with Crippen LogP contribution in [-0.4, -0.2) is 58.2 Å². The van der Waals surface area contributed by atoms with Crippen molar-refractivity contribution in [3.05, 3.63) is 17.6 Å². The zero-order chi connectivity index (χ0) is 16.7. The summed E-state index contributed by atoms with van der Waals surface area (Å²) in [4.78, 5) is 25.4. The number of aromatic nitrogens is 2. The molecule has 7 heteroatoms. The van der Waals surface area contributed by atoms with E-state index in [1.807, 2.05) is 4.90 Å². The molecule has 24 heavy (non-hydrogen) atoms. The van der Waals surface area contributed by atoms with Gasteiger partial charge in [-0.2, -0.15) is 5.26 Å². The van der Waals surface area contributed by atoms with Crippen LogP contribution >= 0.6 is 0 Å². The highest BCUT2D eigenvalue weighted by Gasteiger charge is 2.52. The number of fused-ring (bicyclic) bond motifs is 1. The van der Waals surface area contributed by atoms with Crippen LogP contribution in [0.1, 0.15) is 30.5 Å². The second kappa shape index (κ2) is 5.71. The van der Waals surface area contributed by atoms with E-state index in [1.165, 1.54) is 0 Å². The number of carbonyl (C=O) groups is 1. The van der Waals surface area contributed by atoms with Gasteiger partial charge >= 0.3 is 0 Å². The van der Waals surface area contributed by atoms with E-state index in [9.17, 15) is 15.2 Å². The van der Waals surface area contributed by atoms with Crippen molar-refractivity contribution in [2.24, 2.45) is 5.41 Å². The van der Waals surface area contributed by atoms with Gasteiger partial charge < -0.3 is 14.9 Å². The molecule has 1 saturated carbocycles. The van der Waals surface area contributed by atoms with Crippen molar-refractivity contribution < 1.29 is 9.90 Å². The van der Waals surface area contributed by atoms with Crippen molar-refractivity contribution in [2.45, 2.75) is 38.2 Å². The van der Waals surface area contributed by atoms with Gasteiger partial charge in [-0.3, -0.25) is 4.79 Å². The van der Waals surface area contributed by atoms with E-state index in [0.717, 1.165) is 30.0 Å². The lowest BCUT2D eigenvalue weighted by molar-refractivity contribution is -0.134. The summed E-state index contributed by atoms with van der Waals surface area (Å²) < 4.78 is 0. The summed E-state index contributed by atoms with van der Waals surface area (Å²) in [5.74, 6) is 0.871. The molecule has 0 bridgehead atoms. The summed E-state index contributed by atoms with van der Waals surface area (Å²) in [7, 11) is 0. The van der Waals surface area contributed by atoms with Gasteiger partial charge in [0, 0.05) is 38.2 Å². The molecule has 3 heterocycles. The lowest BCUT2D eigenvalue weighted by Gasteiger charge is -2.23. The van der Waals surface area contributed by atoms with Crippen molar-refractivity contribution in [3.8, 4) is 6.07 Å². The smallest absolute Gasteiger partial charge is 0.243 e. The van der Waals surface area contributed by atoms with Crippen molar-refractivity contribution >= 4 is 11.7 Å². The minimum atomic E-state index is -0.760. The maximum absolute atomic E-state index is 12.6. The van der Waals surface area contributed by atoms with Crippen molar-refractivity contribution in [3.63, 3.8) is 0 Å². The molecule has 3 aliphatic rings. The van der Waals surface area contributed by atoms with Crippen LogP contribution in [0.2, 0.25) is 0 Å². The molecule has 1 aromatic rings. The number of nitrogens with zero attached hydrogens (tertiary/aromatic N) is 5. The number of hydrogen-bond donors (Lipinski definition) is 1. The predicted molar refractivity (Wildman–Crippen MR) is 86.1 cm³/mol. The van der Waals surface area contributed by atoms with Gasteiger partial charge in [-0.05, 0) is 25.7 Å². The van der Waals surface area contributed by atoms with E-state index in [2.05, 4.69) is 20.9 Å². The van der Waals surface area contributed by atoms with Gasteiger partial charge in [0.2, 0.25) is 5.91 Å². The summed E-state index contributed by atoms with van der Waals surface area (Å²) in [5, 5.41) is 19.1. The Morgan fingerprint density at radius 3 is 2.75 bits per heavy atom. The van der Waals surface area contributed by atoms with E-state index in [-0.39, 0.29) is 12.0 Å². The van der Waals surface area contributed by atoms with Gasteiger partial charge in [-0.1, -0.05) is 0 Å². The lowest BCUT2D eigenvalue weighted by atomic mass is 10.1. The number of hydrogen-bond acceptors (Lipinski definition) is 6. The van der Waals surface area contributed by atoms with Crippen LogP contribution in [0, 0.1) is 16.7 Å². The summed E-state index contributed by atoms with van der Waals surface area (Å²) in [6, 6.07) is 2.20. The Bertz CT molecular complexity index is 709. The molecule has 0 unspecified atom stereocenters. The first-order valence-electron chi connectivity index (χ1n) is 8.59. The molecule has 1 amide bonds. The minimum absolute atomic E-state index is 0.0242. The first kappa shape index (κ1) is 15.3. The average molecular weight is 327 g/mol. The van der Waals surface area contributed by atoms with Gasteiger partial charge in [-0.25, -0.2) is 9.97 Å².